The van der Waals surface area contributed by atoms with Gasteiger partial charge in [-0.2, -0.15) is 0 Å². The molecule has 0 radical (unpaired) electrons. The van der Waals surface area contributed by atoms with Gasteiger partial charge in [-0.25, -0.2) is 0 Å². The van der Waals surface area contributed by atoms with E-state index in [0.29, 0.717) is 0 Å². The van der Waals surface area contributed by atoms with E-state index in [1.165, 1.54) is 0 Å². The van der Waals surface area contributed by atoms with Crippen molar-refractivity contribution in [3.05, 3.63) is 0 Å². The van der Waals surface area contributed by atoms with Crippen molar-refractivity contribution in [2.75, 3.05) is 0 Å². The standard InChI is InChI=1S/C20H36O4Si2/c1-17(2)13-14-18(3,4)23-26(11,12)24-20(7,8)16-15-19(5,6)22-25(9,10)21-17/h1-12H3. The molecule has 0 fully saturated rings. The van der Waals surface area contributed by atoms with E-state index in [-0.39, 0.29) is 0 Å². The van der Waals surface area contributed by atoms with E-state index in [0.717, 1.165) is 0 Å². The van der Waals surface area contributed by atoms with Gasteiger partial charge in [-0.15, -0.1) is 0 Å². The predicted molar refractivity (Wildman–Crippen MR) is 111 cm³/mol. The fourth-order valence-electron chi connectivity index (χ4n) is 3.20. The normalized spacial score (nSPS) is 28.5. The minimum absolute atomic E-state index is 0.643. The Morgan fingerprint density at radius 1 is 0.423 bits per heavy atom. The van der Waals surface area contributed by atoms with E-state index in [4.69, 9.17) is 17.7 Å². The molecule has 0 aromatic carbocycles. The van der Waals surface area contributed by atoms with E-state index in [9.17, 15) is 0 Å². The van der Waals surface area contributed by atoms with E-state index in [1.807, 2.05) is 81.6 Å². The molecule has 0 atom stereocenters. The molecule has 6 heteroatoms. The Morgan fingerprint density at radius 3 is 0.731 bits per heavy atom. The molecule has 4 nitrogen and oxygen atoms in total. The van der Waals surface area contributed by atoms with Gasteiger partial charge in [-0.3, -0.25) is 0 Å². The molecule has 0 aromatic rings. The van der Waals surface area contributed by atoms with E-state index in [2.05, 4.69) is 23.7 Å². The van der Waals surface area contributed by atoms with E-state index >= 15 is 0 Å². The quantitative estimate of drug-likeness (QED) is 0.443. The average Bonchev–Trinajstić information content (AvgIpc) is 2.28. The fourth-order valence-corrected chi connectivity index (χ4v) is 8.41. The lowest BCUT2D eigenvalue weighted by Crippen LogP contribution is -2.50. The lowest BCUT2D eigenvalue weighted by atomic mass is 10.1. The molecular weight excluding hydrogens is 360 g/mol. The van der Waals surface area contributed by atoms with Gasteiger partial charge < -0.3 is 17.7 Å². The van der Waals surface area contributed by atoms with Gasteiger partial charge in [-0.1, -0.05) is 23.7 Å². The monoisotopic (exact) mass is 396 g/mol. The van der Waals surface area contributed by atoms with Crippen LogP contribution in [0.4, 0.5) is 0 Å². The van der Waals surface area contributed by atoms with Gasteiger partial charge in [-0.05, 0) is 81.6 Å². The maximum Gasteiger partial charge on any atom is 0.333 e. The van der Waals surface area contributed by atoms with Crippen molar-refractivity contribution in [1.29, 1.82) is 0 Å². The van der Waals surface area contributed by atoms with Gasteiger partial charge in [0, 0.05) is 0 Å². The van der Waals surface area contributed by atoms with Gasteiger partial charge in [0.1, 0.15) is 22.4 Å². The van der Waals surface area contributed by atoms with Gasteiger partial charge in [0.2, 0.25) is 0 Å². The van der Waals surface area contributed by atoms with Crippen LogP contribution in [0.5, 0.6) is 0 Å². The Balaban J connectivity index is 3.41. The summed E-state index contributed by atoms with van der Waals surface area (Å²) in [7, 11) is -4.93. The highest BCUT2D eigenvalue weighted by Gasteiger charge is 2.40. The molecule has 0 aromatic heterocycles. The highest BCUT2D eigenvalue weighted by molar-refractivity contribution is 6.65. The summed E-state index contributed by atoms with van der Waals surface area (Å²) in [6, 6.07) is 0. The lowest BCUT2D eigenvalue weighted by molar-refractivity contribution is 0.0445. The molecule has 1 aliphatic rings. The van der Waals surface area contributed by atoms with Crippen LogP contribution in [0, 0.1) is 23.7 Å². The topological polar surface area (TPSA) is 36.9 Å². The molecule has 0 bridgehead atoms. The third-order valence-corrected chi connectivity index (χ3v) is 7.34. The molecule has 0 saturated heterocycles. The van der Waals surface area contributed by atoms with Gasteiger partial charge >= 0.3 is 17.1 Å². The van der Waals surface area contributed by atoms with Crippen molar-refractivity contribution < 1.29 is 17.7 Å². The van der Waals surface area contributed by atoms with Crippen molar-refractivity contribution >= 4 is 17.1 Å². The number of hydrogen-bond acceptors (Lipinski definition) is 4. The third-order valence-electron chi connectivity index (χ3n) is 3.33. The molecule has 148 valence electrons. The summed E-state index contributed by atoms with van der Waals surface area (Å²) in [5, 5.41) is 0. The molecule has 1 aliphatic heterocycles. The summed E-state index contributed by atoms with van der Waals surface area (Å²) >= 11 is 0. The van der Waals surface area contributed by atoms with Gasteiger partial charge in [0.05, 0.1) is 0 Å². The molecule has 26 heavy (non-hydrogen) atoms. The average molecular weight is 397 g/mol. The van der Waals surface area contributed by atoms with E-state index in [1.54, 1.807) is 0 Å². The number of hydrogen-bond donors (Lipinski definition) is 0. The van der Waals surface area contributed by atoms with Crippen LogP contribution in [0.1, 0.15) is 55.4 Å². The van der Waals surface area contributed by atoms with Crippen molar-refractivity contribution in [3.63, 3.8) is 0 Å². The maximum atomic E-state index is 6.30. The Labute approximate surface area is 162 Å². The molecule has 1 rings (SSSR count). The van der Waals surface area contributed by atoms with Crippen LogP contribution in [0.25, 0.3) is 0 Å². The Hall–Kier alpha value is -0.606. The minimum Gasteiger partial charge on any atom is -0.378 e. The molecule has 0 saturated carbocycles. The van der Waals surface area contributed by atoms with Crippen LogP contribution in [-0.4, -0.2) is 39.5 Å². The second kappa shape index (κ2) is 7.09. The van der Waals surface area contributed by atoms with Crippen molar-refractivity contribution in [2.45, 2.75) is 104 Å². The molecule has 0 amide bonds. The van der Waals surface area contributed by atoms with Crippen molar-refractivity contribution in [2.24, 2.45) is 0 Å². The maximum absolute atomic E-state index is 6.30. The Morgan fingerprint density at radius 2 is 0.577 bits per heavy atom. The zero-order chi connectivity index (χ0) is 20.7. The molecule has 0 aliphatic carbocycles. The highest BCUT2D eigenvalue weighted by Crippen LogP contribution is 2.27. The van der Waals surface area contributed by atoms with Crippen LogP contribution in [0.3, 0.4) is 0 Å². The minimum atomic E-state index is -2.47. The fraction of sp³-hybridized carbons (Fsp3) is 0.800. The first kappa shape index (κ1) is 23.4. The smallest absolute Gasteiger partial charge is 0.333 e. The highest BCUT2D eigenvalue weighted by atomic mass is 28.4. The summed E-state index contributed by atoms with van der Waals surface area (Å²) < 4.78 is 25.2. The molecule has 0 N–H and O–H groups in total. The summed E-state index contributed by atoms with van der Waals surface area (Å²) in [6.07, 6.45) is 0. The van der Waals surface area contributed by atoms with Crippen LogP contribution >= 0.6 is 0 Å². The summed E-state index contributed by atoms with van der Waals surface area (Å²) in [6.45, 7) is 23.7. The Kier molecular flexibility index (Phi) is 6.39. The second-order valence-electron chi connectivity index (χ2n) is 9.75. The Bertz CT molecular complexity index is 547. The van der Waals surface area contributed by atoms with Crippen molar-refractivity contribution in [3.8, 4) is 23.7 Å². The molecule has 0 spiro atoms. The first-order chi connectivity index (χ1) is 11.2. The van der Waals surface area contributed by atoms with Crippen LogP contribution in [0.15, 0.2) is 0 Å². The summed E-state index contributed by atoms with van der Waals surface area (Å²) in [5.41, 5.74) is -2.57. The van der Waals surface area contributed by atoms with E-state index < -0.39 is 39.5 Å². The molecule has 0 unspecified atom stereocenters. The first-order valence-electron chi connectivity index (χ1n) is 9.13. The van der Waals surface area contributed by atoms with Crippen LogP contribution < -0.4 is 0 Å². The largest absolute Gasteiger partial charge is 0.378 e. The third kappa shape index (κ3) is 8.39. The zero-order valence-electron chi connectivity index (χ0n) is 18.6. The zero-order valence-corrected chi connectivity index (χ0v) is 20.6. The number of rotatable bonds is 0. The second-order valence-corrected chi connectivity index (χ2v) is 16.2. The SMILES string of the molecule is CC1(C)C#CC(C)(C)O[Si](C)(C)OC(C)(C)C#CC(C)(C)O[Si](C)(C)O1. The van der Waals surface area contributed by atoms with Gasteiger partial charge in [0.15, 0.2) is 0 Å². The van der Waals surface area contributed by atoms with Crippen molar-refractivity contribution in [1.82, 2.24) is 0 Å². The first-order valence-corrected chi connectivity index (χ1v) is 14.8. The lowest BCUT2D eigenvalue weighted by Gasteiger charge is -2.38. The van der Waals surface area contributed by atoms with Crippen LogP contribution in [-0.2, 0) is 17.7 Å². The summed E-state index contributed by atoms with van der Waals surface area (Å²) in [4.78, 5) is 0. The van der Waals surface area contributed by atoms with Crippen LogP contribution in [0.2, 0.25) is 26.2 Å². The summed E-state index contributed by atoms with van der Waals surface area (Å²) in [5.74, 6) is 12.9. The van der Waals surface area contributed by atoms with Gasteiger partial charge in [0.25, 0.3) is 0 Å². The molecule has 1 heterocycles. The predicted octanol–water partition coefficient (Wildman–Crippen LogP) is 4.59. The molecular formula is C20H36O4Si2.